The number of thiazole rings is 1. The number of phenols is 1. The molecule has 2 fully saturated rings. The number of hydrazine groups is 1. The van der Waals surface area contributed by atoms with Gasteiger partial charge in [0, 0.05) is 25.9 Å². The first-order valence-corrected chi connectivity index (χ1v) is 15.5. The third kappa shape index (κ3) is 6.07. The van der Waals surface area contributed by atoms with Crippen molar-refractivity contribution in [2.24, 2.45) is 0 Å². The highest BCUT2D eigenvalue weighted by Crippen LogP contribution is 2.32. The van der Waals surface area contributed by atoms with E-state index < -0.39 is 29.7 Å². The van der Waals surface area contributed by atoms with Gasteiger partial charge in [0.2, 0.25) is 17.7 Å². The lowest BCUT2D eigenvalue weighted by atomic mass is 9.98. The van der Waals surface area contributed by atoms with E-state index in [0.29, 0.717) is 26.9 Å². The SMILES string of the molecule is C=CCN1CC(=O)N2[C@@H](Cc3ccc(O)cc3)C(=O)N(Cc3ccc(F)c4scnc34)C[C@@H]2N1C(=O)CCc1ccc(F)c(F)c1. The molecule has 0 spiro atoms. The van der Waals surface area contributed by atoms with Gasteiger partial charge in [0.1, 0.15) is 23.8 Å². The monoisotopic (exact) mass is 649 g/mol. The molecule has 46 heavy (non-hydrogen) atoms. The van der Waals surface area contributed by atoms with Crippen LogP contribution in [0.25, 0.3) is 10.2 Å². The number of hydrogen-bond acceptors (Lipinski definition) is 7. The molecule has 2 aliphatic rings. The fourth-order valence-corrected chi connectivity index (χ4v) is 6.87. The third-order valence-corrected chi connectivity index (χ3v) is 9.12. The maximum atomic E-state index is 14.5. The summed E-state index contributed by atoms with van der Waals surface area (Å²) in [6.07, 6.45) is 0.823. The van der Waals surface area contributed by atoms with Crippen molar-refractivity contribution in [2.45, 2.75) is 38.0 Å². The average molecular weight is 650 g/mol. The topological polar surface area (TPSA) is 97.3 Å². The van der Waals surface area contributed by atoms with E-state index in [4.69, 9.17) is 0 Å². The molecule has 3 amide bonds. The second-order valence-corrected chi connectivity index (χ2v) is 12.1. The smallest absolute Gasteiger partial charge is 0.246 e. The van der Waals surface area contributed by atoms with Crippen LogP contribution in [0.2, 0.25) is 0 Å². The zero-order valence-corrected chi connectivity index (χ0v) is 25.4. The van der Waals surface area contributed by atoms with Gasteiger partial charge in [-0.05, 0) is 53.4 Å². The predicted molar refractivity (Wildman–Crippen MR) is 165 cm³/mol. The number of rotatable bonds is 9. The van der Waals surface area contributed by atoms with Crippen molar-refractivity contribution in [2.75, 3.05) is 19.6 Å². The van der Waals surface area contributed by atoms with Crippen molar-refractivity contribution in [1.29, 1.82) is 0 Å². The Morgan fingerprint density at radius 3 is 2.50 bits per heavy atom. The Morgan fingerprint density at radius 1 is 1.02 bits per heavy atom. The van der Waals surface area contributed by atoms with Gasteiger partial charge in [-0.25, -0.2) is 28.2 Å². The standard InChI is InChI=1S/C33H30F3N5O4S/c1-2-13-39-18-30(44)40-27(15-21-3-8-23(42)9-4-21)33(45)38(16-22-7-11-25(35)32-31(22)37-19-46-32)17-28(40)41(39)29(43)12-6-20-5-10-24(34)26(36)14-20/h2-5,7-11,14,19,27-28,42H,1,6,12-13,15-18H2/t27-,28-/m0/s1. The number of hydrogen-bond donors (Lipinski definition) is 1. The Morgan fingerprint density at radius 2 is 1.76 bits per heavy atom. The Balaban J connectivity index is 1.36. The van der Waals surface area contributed by atoms with Gasteiger partial charge in [0.05, 0.1) is 28.8 Å². The van der Waals surface area contributed by atoms with E-state index in [9.17, 15) is 32.7 Å². The van der Waals surface area contributed by atoms with Gasteiger partial charge in [0.25, 0.3) is 0 Å². The van der Waals surface area contributed by atoms with Crippen LogP contribution < -0.4 is 0 Å². The lowest BCUT2D eigenvalue weighted by Crippen LogP contribution is -2.75. The number of piperazine rings is 1. The number of halogens is 3. The number of fused-ring (bicyclic) bond motifs is 2. The van der Waals surface area contributed by atoms with E-state index in [2.05, 4.69) is 11.6 Å². The normalized spacial score (nSPS) is 18.7. The molecule has 2 saturated heterocycles. The highest BCUT2D eigenvalue weighted by Gasteiger charge is 2.51. The van der Waals surface area contributed by atoms with Gasteiger partial charge < -0.3 is 14.9 Å². The molecule has 238 valence electrons. The fourth-order valence-electron chi connectivity index (χ4n) is 6.13. The molecule has 0 saturated carbocycles. The van der Waals surface area contributed by atoms with Gasteiger partial charge in [-0.15, -0.1) is 17.9 Å². The molecule has 2 atom stereocenters. The minimum absolute atomic E-state index is 0.0375. The lowest BCUT2D eigenvalue weighted by Gasteiger charge is -2.55. The molecule has 0 aliphatic carbocycles. The van der Waals surface area contributed by atoms with Crippen LogP contribution in [0.5, 0.6) is 5.75 Å². The summed E-state index contributed by atoms with van der Waals surface area (Å²) in [7, 11) is 0. The molecule has 2 aliphatic heterocycles. The fraction of sp³-hybridized carbons (Fsp3) is 0.273. The van der Waals surface area contributed by atoms with Crippen LogP contribution in [-0.4, -0.2) is 79.5 Å². The van der Waals surface area contributed by atoms with Crippen molar-refractivity contribution in [3.05, 3.63) is 107 Å². The molecular formula is C33H30F3N5O4S. The molecule has 3 heterocycles. The molecule has 3 aromatic carbocycles. The third-order valence-electron chi connectivity index (χ3n) is 8.28. The first kappa shape index (κ1) is 31.2. The molecule has 0 bridgehead atoms. The van der Waals surface area contributed by atoms with Gasteiger partial charge >= 0.3 is 0 Å². The summed E-state index contributed by atoms with van der Waals surface area (Å²) in [5.41, 5.74) is 3.71. The summed E-state index contributed by atoms with van der Waals surface area (Å²) < 4.78 is 42.2. The molecule has 1 aromatic heterocycles. The number of phenolic OH excluding ortho intramolecular Hbond substituents is 1. The summed E-state index contributed by atoms with van der Waals surface area (Å²) >= 11 is 1.15. The van der Waals surface area contributed by atoms with Crippen molar-refractivity contribution in [1.82, 2.24) is 24.8 Å². The number of carbonyl (C=O) groups excluding carboxylic acids is 3. The molecule has 4 aromatic rings. The van der Waals surface area contributed by atoms with Crippen LogP contribution in [0.4, 0.5) is 13.2 Å². The zero-order valence-electron chi connectivity index (χ0n) is 24.6. The number of benzene rings is 3. The average Bonchev–Trinajstić information content (AvgIpc) is 3.54. The van der Waals surface area contributed by atoms with E-state index in [1.54, 1.807) is 34.2 Å². The molecule has 13 heteroatoms. The van der Waals surface area contributed by atoms with Crippen LogP contribution in [0.1, 0.15) is 23.1 Å². The minimum atomic E-state index is -1.01. The second kappa shape index (κ2) is 12.9. The van der Waals surface area contributed by atoms with Gasteiger partial charge in [-0.1, -0.05) is 30.3 Å². The summed E-state index contributed by atoms with van der Waals surface area (Å²) in [6.45, 7) is 3.78. The minimum Gasteiger partial charge on any atom is -0.508 e. The maximum Gasteiger partial charge on any atom is 0.246 e. The van der Waals surface area contributed by atoms with Crippen molar-refractivity contribution >= 4 is 39.3 Å². The molecular weight excluding hydrogens is 619 g/mol. The maximum absolute atomic E-state index is 14.5. The number of amides is 3. The largest absolute Gasteiger partial charge is 0.508 e. The first-order valence-electron chi connectivity index (χ1n) is 14.6. The number of nitrogens with zero attached hydrogens (tertiary/aromatic N) is 5. The highest BCUT2D eigenvalue weighted by atomic mass is 32.1. The molecule has 0 unspecified atom stereocenters. The quantitative estimate of drug-likeness (QED) is 0.270. The number of carbonyl (C=O) groups is 3. The number of aromatic hydroxyl groups is 1. The molecule has 9 nitrogen and oxygen atoms in total. The van der Waals surface area contributed by atoms with Crippen molar-refractivity contribution < 1.29 is 32.7 Å². The van der Waals surface area contributed by atoms with E-state index in [0.717, 1.165) is 23.5 Å². The Bertz CT molecular complexity index is 1820. The van der Waals surface area contributed by atoms with Crippen LogP contribution in [0, 0.1) is 17.5 Å². The van der Waals surface area contributed by atoms with Crippen LogP contribution in [0.3, 0.4) is 0 Å². The summed E-state index contributed by atoms with van der Waals surface area (Å²) in [6, 6.07) is 11.7. The van der Waals surface area contributed by atoms with Gasteiger partial charge in [-0.2, -0.15) is 0 Å². The Kier molecular flexibility index (Phi) is 8.78. The first-order chi connectivity index (χ1) is 22.1. The highest BCUT2D eigenvalue weighted by molar-refractivity contribution is 7.16. The van der Waals surface area contributed by atoms with Crippen molar-refractivity contribution in [3.63, 3.8) is 0 Å². The van der Waals surface area contributed by atoms with E-state index in [-0.39, 0.29) is 68.9 Å². The molecule has 1 N–H and O–H groups in total. The van der Waals surface area contributed by atoms with Crippen molar-refractivity contribution in [3.8, 4) is 5.75 Å². The van der Waals surface area contributed by atoms with E-state index in [1.165, 1.54) is 39.7 Å². The Hall–Kier alpha value is -4.75. The number of aryl methyl sites for hydroxylation is 1. The number of aromatic nitrogens is 1. The van der Waals surface area contributed by atoms with Gasteiger partial charge in [0.15, 0.2) is 11.6 Å². The van der Waals surface area contributed by atoms with Crippen LogP contribution in [-0.2, 0) is 33.8 Å². The van der Waals surface area contributed by atoms with Gasteiger partial charge in [-0.3, -0.25) is 14.4 Å². The van der Waals surface area contributed by atoms with E-state index in [1.807, 2.05) is 0 Å². The summed E-state index contributed by atoms with van der Waals surface area (Å²) in [5, 5.41) is 12.9. The molecule has 0 radical (unpaired) electrons. The second-order valence-electron chi connectivity index (χ2n) is 11.2. The summed E-state index contributed by atoms with van der Waals surface area (Å²) in [4.78, 5) is 49.2. The van der Waals surface area contributed by atoms with E-state index >= 15 is 0 Å². The van der Waals surface area contributed by atoms with Crippen LogP contribution in [0.15, 0.2) is 72.8 Å². The van der Waals surface area contributed by atoms with Crippen LogP contribution >= 0.6 is 11.3 Å². The molecule has 6 rings (SSSR count). The zero-order chi connectivity index (χ0) is 32.5. The summed E-state index contributed by atoms with van der Waals surface area (Å²) in [5.74, 6) is -3.45. The lowest BCUT2D eigenvalue weighted by molar-refractivity contribution is -0.205. The predicted octanol–water partition coefficient (Wildman–Crippen LogP) is 4.41. The Labute approximate surface area is 266 Å².